The van der Waals surface area contributed by atoms with E-state index in [4.69, 9.17) is 0 Å². The highest BCUT2D eigenvalue weighted by atomic mass is 79.9. The third-order valence-electron chi connectivity index (χ3n) is 4.32. The molecule has 136 valence electrons. The third kappa shape index (κ3) is 5.59. The summed E-state index contributed by atoms with van der Waals surface area (Å²) in [4.78, 5) is 17.8. The van der Waals surface area contributed by atoms with E-state index < -0.39 is 0 Å². The molecule has 1 fully saturated rings. The Balaban J connectivity index is 2.03. The van der Waals surface area contributed by atoms with E-state index in [0.29, 0.717) is 12.5 Å². The zero-order chi connectivity index (χ0) is 18.4. The molecule has 1 aromatic carbocycles. The smallest absolute Gasteiger partial charge is 0.243 e. The molecule has 0 bridgehead atoms. The molecule has 1 saturated carbocycles. The van der Waals surface area contributed by atoms with Gasteiger partial charge in [0.2, 0.25) is 5.91 Å². The lowest BCUT2D eigenvalue weighted by Crippen LogP contribution is -2.42. The molecular weight excluding hydrogens is 380 g/mol. The number of nitrogens with one attached hydrogen (secondary N) is 2. The standard InChI is InChI=1S/C19H27BrN4O/c1-14(2)11-21-18(22-12-17(25)24(3)4)23-13-19(9-10-19)15-7-5-6-8-16(15)20/h5-8H,1,9-13H2,2-4H3,(H2,21,22,23). The van der Waals surface area contributed by atoms with Crippen LogP contribution in [0.3, 0.4) is 0 Å². The van der Waals surface area contributed by atoms with Crippen molar-refractivity contribution in [2.24, 2.45) is 4.99 Å². The summed E-state index contributed by atoms with van der Waals surface area (Å²) in [5.41, 5.74) is 2.48. The van der Waals surface area contributed by atoms with Gasteiger partial charge in [-0.1, -0.05) is 46.3 Å². The molecule has 1 aliphatic rings. The molecule has 1 aliphatic carbocycles. The van der Waals surface area contributed by atoms with E-state index in [9.17, 15) is 4.79 Å². The number of guanidine groups is 1. The van der Waals surface area contributed by atoms with Gasteiger partial charge in [0, 0.05) is 37.1 Å². The Morgan fingerprint density at radius 1 is 1.32 bits per heavy atom. The molecule has 1 amide bonds. The summed E-state index contributed by atoms with van der Waals surface area (Å²) in [6.07, 6.45) is 2.29. The van der Waals surface area contributed by atoms with Crippen molar-refractivity contribution in [3.63, 3.8) is 0 Å². The highest BCUT2D eigenvalue weighted by molar-refractivity contribution is 9.10. The summed E-state index contributed by atoms with van der Waals surface area (Å²) in [5, 5.41) is 6.64. The van der Waals surface area contributed by atoms with E-state index >= 15 is 0 Å². The van der Waals surface area contributed by atoms with Crippen LogP contribution in [0.15, 0.2) is 45.9 Å². The zero-order valence-electron chi connectivity index (χ0n) is 15.2. The lowest BCUT2D eigenvalue weighted by atomic mass is 9.96. The number of carbonyl (C=O) groups is 1. The second-order valence-corrected chi connectivity index (χ2v) is 7.73. The first-order chi connectivity index (χ1) is 11.8. The first-order valence-corrected chi connectivity index (χ1v) is 9.25. The molecular formula is C19H27BrN4O. The van der Waals surface area contributed by atoms with Gasteiger partial charge in [-0.2, -0.15) is 0 Å². The Labute approximate surface area is 158 Å². The van der Waals surface area contributed by atoms with Crippen molar-refractivity contribution in [2.45, 2.75) is 25.2 Å². The van der Waals surface area contributed by atoms with Crippen molar-refractivity contribution in [1.82, 2.24) is 15.5 Å². The third-order valence-corrected chi connectivity index (χ3v) is 5.01. The minimum atomic E-state index is -0.0247. The van der Waals surface area contributed by atoms with Gasteiger partial charge in [-0.25, -0.2) is 4.99 Å². The predicted molar refractivity (Wildman–Crippen MR) is 107 cm³/mol. The first-order valence-electron chi connectivity index (χ1n) is 8.46. The van der Waals surface area contributed by atoms with Gasteiger partial charge < -0.3 is 15.5 Å². The fourth-order valence-corrected chi connectivity index (χ4v) is 3.24. The predicted octanol–water partition coefficient (Wildman–Crippen LogP) is 2.68. The quantitative estimate of drug-likeness (QED) is 0.415. The first kappa shape index (κ1) is 19.5. The van der Waals surface area contributed by atoms with Crippen LogP contribution in [0.5, 0.6) is 0 Å². The molecule has 2 N–H and O–H groups in total. The van der Waals surface area contributed by atoms with Gasteiger partial charge in [0.25, 0.3) is 0 Å². The molecule has 0 aromatic heterocycles. The van der Waals surface area contributed by atoms with Crippen LogP contribution >= 0.6 is 15.9 Å². The Kier molecular flexibility index (Phi) is 6.64. The van der Waals surface area contributed by atoms with Crippen LogP contribution in [0.2, 0.25) is 0 Å². The maximum Gasteiger partial charge on any atom is 0.243 e. The molecule has 5 nitrogen and oxygen atoms in total. The summed E-state index contributed by atoms with van der Waals surface area (Å²) in [6, 6.07) is 8.36. The van der Waals surface area contributed by atoms with E-state index in [0.717, 1.165) is 29.4 Å². The molecule has 1 aromatic rings. The highest BCUT2D eigenvalue weighted by Crippen LogP contribution is 2.49. The van der Waals surface area contributed by atoms with Gasteiger partial charge in [-0.05, 0) is 31.4 Å². The average Bonchev–Trinajstić information content (AvgIpc) is 3.34. The van der Waals surface area contributed by atoms with Gasteiger partial charge in [-0.3, -0.25) is 4.79 Å². The number of rotatable bonds is 7. The number of amides is 1. The number of nitrogens with zero attached hydrogens (tertiary/aromatic N) is 2. The van der Waals surface area contributed by atoms with Crippen LogP contribution in [0.4, 0.5) is 0 Å². The molecule has 0 saturated heterocycles. The fourth-order valence-electron chi connectivity index (χ4n) is 2.53. The molecule has 25 heavy (non-hydrogen) atoms. The summed E-state index contributed by atoms with van der Waals surface area (Å²) >= 11 is 3.66. The minimum Gasteiger partial charge on any atom is -0.355 e. The number of aliphatic imine (C=N–C) groups is 1. The fraction of sp³-hybridized carbons (Fsp3) is 0.474. The van der Waals surface area contributed by atoms with E-state index in [1.807, 2.05) is 13.0 Å². The van der Waals surface area contributed by atoms with Crippen LogP contribution in [0, 0.1) is 0 Å². The molecule has 6 heteroatoms. The highest BCUT2D eigenvalue weighted by Gasteiger charge is 2.45. The van der Waals surface area contributed by atoms with Crippen molar-refractivity contribution in [1.29, 1.82) is 0 Å². The largest absolute Gasteiger partial charge is 0.355 e. The summed E-state index contributed by atoms with van der Waals surface area (Å²) in [6.45, 7) is 7.40. The maximum atomic E-state index is 11.8. The Morgan fingerprint density at radius 3 is 2.56 bits per heavy atom. The Bertz CT molecular complexity index is 665. The molecule has 2 rings (SSSR count). The number of benzene rings is 1. The van der Waals surface area contributed by atoms with Crippen molar-refractivity contribution in [3.05, 3.63) is 46.5 Å². The summed E-state index contributed by atoms with van der Waals surface area (Å²) in [5.74, 6) is 0.625. The lowest BCUT2D eigenvalue weighted by molar-refractivity contribution is -0.127. The summed E-state index contributed by atoms with van der Waals surface area (Å²) in [7, 11) is 3.47. The number of likely N-dealkylation sites (N-methyl/N-ethyl adjacent to an activating group) is 1. The zero-order valence-corrected chi connectivity index (χ0v) is 16.8. The van der Waals surface area contributed by atoms with Gasteiger partial charge in [0.15, 0.2) is 5.96 Å². The molecule has 0 spiro atoms. The number of halogens is 1. The lowest BCUT2D eigenvalue weighted by Gasteiger charge is -2.20. The summed E-state index contributed by atoms with van der Waals surface area (Å²) < 4.78 is 1.14. The normalized spacial score (nSPS) is 15.4. The molecule has 0 unspecified atom stereocenters. The van der Waals surface area contributed by atoms with Gasteiger partial charge in [-0.15, -0.1) is 0 Å². The second kappa shape index (κ2) is 8.52. The van der Waals surface area contributed by atoms with Crippen LogP contribution in [0.25, 0.3) is 0 Å². The number of hydrogen-bond donors (Lipinski definition) is 2. The SMILES string of the molecule is C=C(C)CNC(=NCC(=O)N(C)C)NCC1(c2ccccc2Br)CC1. The van der Waals surface area contributed by atoms with Crippen LogP contribution in [0.1, 0.15) is 25.3 Å². The van der Waals surface area contributed by atoms with Crippen molar-refractivity contribution >= 4 is 27.8 Å². The van der Waals surface area contributed by atoms with Crippen LogP contribution in [-0.4, -0.2) is 50.5 Å². The minimum absolute atomic E-state index is 0.0247. The van der Waals surface area contributed by atoms with Crippen molar-refractivity contribution in [3.8, 4) is 0 Å². The molecule has 0 radical (unpaired) electrons. The average molecular weight is 407 g/mol. The van der Waals surface area contributed by atoms with Crippen molar-refractivity contribution < 1.29 is 4.79 Å². The van der Waals surface area contributed by atoms with Crippen LogP contribution < -0.4 is 10.6 Å². The second-order valence-electron chi connectivity index (χ2n) is 6.88. The molecule has 0 aliphatic heterocycles. The monoisotopic (exact) mass is 406 g/mol. The van der Waals surface area contributed by atoms with Gasteiger partial charge in [0.05, 0.1) is 0 Å². The molecule has 0 heterocycles. The van der Waals surface area contributed by atoms with E-state index in [1.54, 1.807) is 19.0 Å². The Hall–Kier alpha value is -1.82. The number of hydrogen-bond acceptors (Lipinski definition) is 2. The van der Waals surface area contributed by atoms with E-state index in [2.05, 4.69) is 56.3 Å². The molecule has 0 atom stereocenters. The van der Waals surface area contributed by atoms with E-state index in [1.165, 1.54) is 5.56 Å². The number of carbonyl (C=O) groups excluding carboxylic acids is 1. The van der Waals surface area contributed by atoms with Crippen molar-refractivity contribution in [2.75, 3.05) is 33.7 Å². The Morgan fingerprint density at radius 2 is 2.00 bits per heavy atom. The topological polar surface area (TPSA) is 56.7 Å². The van der Waals surface area contributed by atoms with Crippen LogP contribution in [-0.2, 0) is 10.2 Å². The van der Waals surface area contributed by atoms with Gasteiger partial charge >= 0.3 is 0 Å². The maximum absolute atomic E-state index is 11.8. The van der Waals surface area contributed by atoms with E-state index in [-0.39, 0.29) is 17.9 Å². The van der Waals surface area contributed by atoms with Gasteiger partial charge in [0.1, 0.15) is 6.54 Å².